The SMILES string of the molecule is CCCCC(O)CN1CCN(Cc2nc(C(=O)N3CCN(c4ccc(F)cc4)CC3)co2)CC1. The Balaban J connectivity index is 1.21. The summed E-state index contributed by atoms with van der Waals surface area (Å²) in [6.07, 6.45) is 4.26. The first-order valence-electron chi connectivity index (χ1n) is 12.4. The maximum absolute atomic E-state index is 13.2. The number of carbonyl (C=O) groups is 1. The number of aliphatic hydroxyl groups is 1. The molecule has 9 heteroatoms. The second-order valence-corrected chi connectivity index (χ2v) is 9.25. The molecular weight excluding hydrogens is 437 g/mol. The van der Waals surface area contributed by atoms with E-state index in [2.05, 4.69) is 26.6 Å². The minimum atomic E-state index is -0.248. The van der Waals surface area contributed by atoms with Crippen LogP contribution >= 0.6 is 0 Å². The highest BCUT2D eigenvalue weighted by Crippen LogP contribution is 2.18. The quantitative estimate of drug-likeness (QED) is 0.600. The van der Waals surface area contributed by atoms with Crippen molar-refractivity contribution in [3.63, 3.8) is 0 Å². The molecule has 4 rings (SSSR count). The van der Waals surface area contributed by atoms with E-state index in [0.717, 1.165) is 57.7 Å². The van der Waals surface area contributed by atoms with Crippen LogP contribution in [0.25, 0.3) is 0 Å². The summed E-state index contributed by atoms with van der Waals surface area (Å²) in [5.74, 6) is 0.201. The van der Waals surface area contributed by atoms with Crippen LogP contribution in [0.5, 0.6) is 0 Å². The molecule has 34 heavy (non-hydrogen) atoms. The lowest BCUT2D eigenvalue weighted by Gasteiger charge is -2.35. The molecule has 3 heterocycles. The lowest BCUT2D eigenvalue weighted by molar-refractivity contribution is 0.0627. The average Bonchev–Trinajstić information content (AvgIpc) is 3.32. The molecule has 2 aliphatic heterocycles. The zero-order valence-electron chi connectivity index (χ0n) is 20.0. The number of hydrogen-bond donors (Lipinski definition) is 1. The van der Waals surface area contributed by atoms with Crippen molar-refractivity contribution in [1.29, 1.82) is 0 Å². The van der Waals surface area contributed by atoms with Crippen molar-refractivity contribution in [2.75, 3.05) is 63.8 Å². The fraction of sp³-hybridized carbons (Fsp3) is 0.600. The van der Waals surface area contributed by atoms with E-state index in [1.807, 2.05) is 0 Å². The van der Waals surface area contributed by atoms with Gasteiger partial charge in [-0.3, -0.25) is 14.6 Å². The summed E-state index contributed by atoms with van der Waals surface area (Å²) in [5, 5.41) is 10.1. The number of amides is 1. The molecule has 2 saturated heterocycles. The molecule has 1 amide bonds. The predicted octanol–water partition coefficient (Wildman–Crippen LogP) is 2.44. The summed E-state index contributed by atoms with van der Waals surface area (Å²) in [5.41, 5.74) is 1.32. The van der Waals surface area contributed by atoms with Gasteiger partial charge in [0.1, 0.15) is 12.1 Å². The van der Waals surface area contributed by atoms with Gasteiger partial charge in [0.15, 0.2) is 5.69 Å². The first-order chi connectivity index (χ1) is 16.5. The Morgan fingerprint density at radius 1 is 1.06 bits per heavy atom. The lowest BCUT2D eigenvalue weighted by Crippen LogP contribution is -2.49. The molecule has 1 N–H and O–H groups in total. The number of oxazole rings is 1. The van der Waals surface area contributed by atoms with Gasteiger partial charge in [0, 0.05) is 64.6 Å². The number of hydrogen-bond acceptors (Lipinski definition) is 7. The third kappa shape index (κ3) is 6.55. The molecule has 2 aliphatic rings. The first kappa shape index (κ1) is 24.6. The molecule has 2 aromatic rings. The number of anilines is 1. The standard InChI is InChI=1S/C25H36FN5O3/c1-2-3-4-22(32)17-28-9-11-29(12-10-28)18-24-27-23(19-34-24)25(33)31-15-13-30(14-16-31)21-7-5-20(26)6-8-21/h5-8,19,22,32H,2-4,9-18H2,1H3. The average molecular weight is 474 g/mol. The minimum Gasteiger partial charge on any atom is -0.447 e. The van der Waals surface area contributed by atoms with Crippen molar-refractivity contribution in [2.45, 2.75) is 38.8 Å². The van der Waals surface area contributed by atoms with Crippen molar-refractivity contribution < 1.29 is 18.7 Å². The molecule has 186 valence electrons. The molecule has 8 nitrogen and oxygen atoms in total. The van der Waals surface area contributed by atoms with Gasteiger partial charge in [-0.1, -0.05) is 19.8 Å². The van der Waals surface area contributed by atoms with Crippen LogP contribution in [-0.2, 0) is 6.54 Å². The Bertz CT molecular complexity index is 906. The number of aliphatic hydroxyl groups excluding tert-OH is 1. The van der Waals surface area contributed by atoms with Gasteiger partial charge in [-0.05, 0) is 30.7 Å². The van der Waals surface area contributed by atoms with Gasteiger partial charge in [-0.25, -0.2) is 9.37 Å². The van der Waals surface area contributed by atoms with Crippen molar-refractivity contribution in [3.8, 4) is 0 Å². The van der Waals surface area contributed by atoms with Crippen molar-refractivity contribution in [2.24, 2.45) is 0 Å². The van der Waals surface area contributed by atoms with Gasteiger partial charge < -0.3 is 19.3 Å². The Morgan fingerprint density at radius 3 is 2.41 bits per heavy atom. The van der Waals surface area contributed by atoms with Crippen LogP contribution < -0.4 is 4.90 Å². The minimum absolute atomic E-state index is 0.111. The van der Waals surface area contributed by atoms with Crippen molar-refractivity contribution >= 4 is 11.6 Å². The number of β-amino-alcohol motifs (C(OH)–C–C–N with tert-alkyl or cyclic N) is 1. The van der Waals surface area contributed by atoms with E-state index in [9.17, 15) is 14.3 Å². The monoisotopic (exact) mass is 473 g/mol. The first-order valence-corrected chi connectivity index (χ1v) is 12.4. The fourth-order valence-corrected chi connectivity index (χ4v) is 4.61. The zero-order chi connectivity index (χ0) is 23.9. The molecule has 1 atom stereocenters. The number of piperazine rings is 2. The highest BCUT2D eigenvalue weighted by Gasteiger charge is 2.26. The summed E-state index contributed by atoms with van der Waals surface area (Å²) >= 11 is 0. The number of nitrogens with zero attached hydrogens (tertiary/aromatic N) is 5. The molecule has 0 radical (unpaired) electrons. The van der Waals surface area contributed by atoms with Crippen LogP contribution in [0.4, 0.5) is 10.1 Å². The smallest absolute Gasteiger partial charge is 0.275 e. The van der Waals surface area contributed by atoms with Gasteiger partial charge in [-0.15, -0.1) is 0 Å². The van der Waals surface area contributed by atoms with Gasteiger partial charge >= 0.3 is 0 Å². The van der Waals surface area contributed by atoms with E-state index in [-0.39, 0.29) is 17.8 Å². The molecule has 2 fully saturated rings. The summed E-state index contributed by atoms with van der Waals surface area (Å²) in [4.78, 5) is 25.9. The normalized spacial score (nSPS) is 18.9. The number of halogens is 1. The van der Waals surface area contributed by atoms with Crippen LogP contribution in [0.1, 0.15) is 42.6 Å². The van der Waals surface area contributed by atoms with E-state index in [4.69, 9.17) is 4.42 Å². The molecule has 0 spiro atoms. The highest BCUT2D eigenvalue weighted by atomic mass is 19.1. The molecule has 0 aliphatic carbocycles. The second kappa shape index (κ2) is 11.8. The maximum atomic E-state index is 13.2. The van der Waals surface area contributed by atoms with Crippen LogP contribution in [0.2, 0.25) is 0 Å². The predicted molar refractivity (Wildman–Crippen MR) is 128 cm³/mol. The van der Waals surface area contributed by atoms with Crippen LogP contribution in [0, 0.1) is 5.82 Å². The number of aromatic nitrogens is 1. The molecule has 0 saturated carbocycles. The van der Waals surface area contributed by atoms with Crippen LogP contribution in [-0.4, -0.2) is 95.7 Å². The fourth-order valence-electron chi connectivity index (χ4n) is 4.61. The topological polar surface area (TPSA) is 76.3 Å². The summed E-state index contributed by atoms with van der Waals surface area (Å²) in [6.45, 7) is 9.62. The Morgan fingerprint density at radius 2 is 1.74 bits per heavy atom. The van der Waals surface area contributed by atoms with Gasteiger partial charge in [0.25, 0.3) is 5.91 Å². The van der Waals surface area contributed by atoms with Gasteiger partial charge in [-0.2, -0.15) is 0 Å². The van der Waals surface area contributed by atoms with E-state index in [1.165, 1.54) is 18.4 Å². The van der Waals surface area contributed by atoms with E-state index in [0.29, 0.717) is 44.3 Å². The summed E-state index contributed by atoms with van der Waals surface area (Å²) in [7, 11) is 0. The third-order valence-corrected chi connectivity index (χ3v) is 6.71. The Labute approximate surface area is 200 Å². The maximum Gasteiger partial charge on any atom is 0.275 e. The van der Waals surface area contributed by atoms with Crippen molar-refractivity contribution in [1.82, 2.24) is 19.7 Å². The van der Waals surface area contributed by atoms with Crippen molar-refractivity contribution in [3.05, 3.63) is 47.9 Å². The van der Waals surface area contributed by atoms with Gasteiger partial charge in [0.2, 0.25) is 5.89 Å². The lowest BCUT2D eigenvalue weighted by atomic mass is 10.1. The third-order valence-electron chi connectivity index (χ3n) is 6.71. The van der Waals surface area contributed by atoms with Crippen LogP contribution in [0.3, 0.4) is 0 Å². The zero-order valence-corrected chi connectivity index (χ0v) is 20.0. The summed E-state index contributed by atoms with van der Waals surface area (Å²) < 4.78 is 18.8. The molecule has 1 aromatic carbocycles. The number of carbonyl (C=O) groups excluding carboxylic acids is 1. The number of benzene rings is 1. The van der Waals surface area contributed by atoms with E-state index in [1.54, 1.807) is 17.0 Å². The number of unbranched alkanes of at least 4 members (excludes halogenated alkanes) is 1. The molecule has 0 bridgehead atoms. The number of rotatable bonds is 9. The Hall–Kier alpha value is -2.49. The van der Waals surface area contributed by atoms with E-state index < -0.39 is 0 Å². The molecule has 1 unspecified atom stereocenters. The molecule has 1 aromatic heterocycles. The second-order valence-electron chi connectivity index (χ2n) is 9.25. The van der Waals surface area contributed by atoms with Crippen LogP contribution in [0.15, 0.2) is 34.9 Å². The van der Waals surface area contributed by atoms with E-state index >= 15 is 0 Å². The van der Waals surface area contributed by atoms with Gasteiger partial charge in [0.05, 0.1) is 12.6 Å². The largest absolute Gasteiger partial charge is 0.447 e. The highest BCUT2D eigenvalue weighted by molar-refractivity contribution is 5.92. The Kier molecular flexibility index (Phi) is 8.53. The summed E-state index contributed by atoms with van der Waals surface area (Å²) in [6, 6.07) is 6.46. The molecular formula is C25H36FN5O3.